The lowest BCUT2D eigenvalue weighted by Crippen LogP contribution is -1.87. The summed E-state index contributed by atoms with van der Waals surface area (Å²) in [6.07, 6.45) is 0.964. The van der Waals surface area contributed by atoms with E-state index in [2.05, 4.69) is 0 Å². The maximum Gasteiger partial charge on any atom is 0.115 e. The molecule has 0 unspecified atom stereocenters. The first-order valence-corrected chi connectivity index (χ1v) is 6.42. The second kappa shape index (κ2) is 5.64. The number of phenolic OH excluding ortho intramolecular Hbond substituents is 2. The minimum Gasteiger partial charge on any atom is -0.508 e. The molecule has 2 N–H and O–H groups in total. The molecule has 0 bridgehead atoms. The van der Waals surface area contributed by atoms with Crippen molar-refractivity contribution >= 4 is 11.8 Å². The summed E-state index contributed by atoms with van der Waals surface area (Å²) in [5.41, 5.74) is 1.22. The third-order valence-electron chi connectivity index (χ3n) is 2.43. The Morgan fingerprint density at radius 2 is 1.29 bits per heavy atom. The first kappa shape index (κ1) is 11.9. The van der Waals surface area contributed by atoms with Crippen molar-refractivity contribution in [3.05, 3.63) is 54.1 Å². The average Bonchev–Trinajstić information content (AvgIpc) is 2.34. The molecule has 0 saturated carbocycles. The van der Waals surface area contributed by atoms with Crippen LogP contribution in [0.4, 0.5) is 0 Å². The van der Waals surface area contributed by atoms with Gasteiger partial charge in [-0.25, -0.2) is 0 Å². The summed E-state index contributed by atoms with van der Waals surface area (Å²) in [6.45, 7) is 0. The van der Waals surface area contributed by atoms with Crippen molar-refractivity contribution in [3.63, 3.8) is 0 Å². The van der Waals surface area contributed by atoms with E-state index in [1.165, 1.54) is 5.56 Å². The van der Waals surface area contributed by atoms with Gasteiger partial charge in [0.15, 0.2) is 0 Å². The Bertz CT molecular complexity index is 417. The van der Waals surface area contributed by atoms with E-state index in [1.54, 1.807) is 36.0 Å². The Morgan fingerprint density at radius 1 is 0.765 bits per heavy atom. The SMILES string of the molecule is Oc1ccc(CCSc2ccc(O)cc2)cc1. The van der Waals surface area contributed by atoms with Crippen LogP contribution in [0.2, 0.25) is 0 Å². The van der Waals surface area contributed by atoms with E-state index in [-0.39, 0.29) is 0 Å². The number of aryl methyl sites for hydroxylation is 1. The number of hydrogen-bond acceptors (Lipinski definition) is 3. The summed E-state index contributed by atoms with van der Waals surface area (Å²) in [5, 5.41) is 18.3. The molecular weight excluding hydrogens is 232 g/mol. The fraction of sp³-hybridized carbons (Fsp3) is 0.143. The quantitative estimate of drug-likeness (QED) is 0.812. The molecule has 0 amide bonds. The molecule has 17 heavy (non-hydrogen) atoms. The van der Waals surface area contributed by atoms with E-state index in [1.807, 2.05) is 24.3 Å². The Kier molecular flexibility index (Phi) is 3.94. The molecule has 0 spiro atoms. The molecule has 2 aromatic rings. The molecule has 0 heterocycles. The second-order valence-electron chi connectivity index (χ2n) is 3.76. The summed E-state index contributed by atoms with van der Waals surface area (Å²) < 4.78 is 0. The van der Waals surface area contributed by atoms with Gasteiger partial charge in [0.1, 0.15) is 11.5 Å². The largest absolute Gasteiger partial charge is 0.508 e. The molecule has 0 fully saturated rings. The Hall–Kier alpha value is -1.61. The summed E-state index contributed by atoms with van der Waals surface area (Å²) in [6, 6.07) is 14.5. The normalized spacial score (nSPS) is 10.4. The van der Waals surface area contributed by atoms with Crippen LogP contribution < -0.4 is 0 Å². The lowest BCUT2D eigenvalue weighted by atomic mass is 10.2. The fourth-order valence-electron chi connectivity index (χ4n) is 1.49. The highest BCUT2D eigenvalue weighted by Gasteiger charge is 1.97. The molecule has 0 saturated heterocycles. The summed E-state index contributed by atoms with van der Waals surface area (Å²) >= 11 is 1.75. The maximum absolute atomic E-state index is 9.16. The number of benzene rings is 2. The Labute approximate surface area is 105 Å². The van der Waals surface area contributed by atoms with E-state index in [0.717, 1.165) is 17.1 Å². The van der Waals surface area contributed by atoms with Crippen molar-refractivity contribution in [2.45, 2.75) is 11.3 Å². The van der Waals surface area contributed by atoms with Crippen LogP contribution in [-0.2, 0) is 6.42 Å². The summed E-state index contributed by atoms with van der Waals surface area (Å²) in [5.74, 6) is 1.59. The van der Waals surface area contributed by atoms with Crippen LogP contribution in [0, 0.1) is 0 Å². The number of thioether (sulfide) groups is 1. The van der Waals surface area contributed by atoms with Gasteiger partial charge in [-0.15, -0.1) is 11.8 Å². The van der Waals surface area contributed by atoms with Crippen LogP contribution in [-0.4, -0.2) is 16.0 Å². The van der Waals surface area contributed by atoms with Gasteiger partial charge >= 0.3 is 0 Å². The van der Waals surface area contributed by atoms with Gasteiger partial charge in [-0.3, -0.25) is 0 Å². The highest BCUT2D eigenvalue weighted by molar-refractivity contribution is 7.99. The molecule has 0 radical (unpaired) electrons. The van der Waals surface area contributed by atoms with Gasteiger partial charge in [-0.05, 0) is 48.4 Å². The van der Waals surface area contributed by atoms with Gasteiger partial charge in [0.05, 0.1) is 0 Å². The molecule has 0 aliphatic rings. The third-order valence-corrected chi connectivity index (χ3v) is 3.45. The Morgan fingerprint density at radius 3 is 1.88 bits per heavy atom. The van der Waals surface area contributed by atoms with Gasteiger partial charge < -0.3 is 10.2 Å². The molecular formula is C14H14O2S. The van der Waals surface area contributed by atoms with E-state index >= 15 is 0 Å². The monoisotopic (exact) mass is 246 g/mol. The average molecular weight is 246 g/mol. The third kappa shape index (κ3) is 3.71. The van der Waals surface area contributed by atoms with Crippen LogP contribution in [0.15, 0.2) is 53.4 Å². The van der Waals surface area contributed by atoms with Crippen LogP contribution in [0.5, 0.6) is 11.5 Å². The van der Waals surface area contributed by atoms with Gasteiger partial charge in [-0.2, -0.15) is 0 Å². The Balaban J connectivity index is 1.83. The first-order valence-electron chi connectivity index (χ1n) is 5.44. The van der Waals surface area contributed by atoms with E-state index in [4.69, 9.17) is 10.2 Å². The lowest BCUT2D eigenvalue weighted by molar-refractivity contribution is 0.474. The standard InChI is InChI=1S/C14H14O2S/c15-12-3-1-11(2-4-12)9-10-17-14-7-5-13(16)6-8-14/h1-8,15-16H,9-10H2. The second-order valence-corrected chi connectivity index (χ2v) is 4.93. The minimum atomic E-state index is 0.299. The lowest BCUT2D eigenvalue weighted by Gasteiger charge is -2.02. The topological polar surface area (TPSA) is 40.5 Å². The van der Waals surface area contributed by atoms with Crippen molar-refractivity contribution in [2.24, 2.45) is 0 Å². The highest BCUT2D eigenvalue weighted by Crippen LogP contribution is 2.22. The number of rotatable bonds is 4. The summed E-state index contributed by atoms with van der Waals surface area (Å²) in [4.78, 5) is 1.15. The predicted octanol–water partition coefficient (Wildman–Crippen LogP) is 3.43. The van der Waals surface area contributed by atoms with Crippen molar-refractivity contribution in [2.75, 3.05) is 5.75 Å². The highest BCUT2D eigenvalue weighted by atomic mass is 32.2. The van der Waals surface area contributed by atoms with Crippen LogP contribution in [0.25, 0.3) is 0 Å². The number of hydrogen-bond donors (Lipinski definition) is 2. The summed E-state index contributed by atoms with van der Waals surface area (Å²) in [7, 11) is 0. The van der Waals surface area contributed by atoms with Crippen LogP contribution >= 0.6 is 11.8 Å². The smallest absolute Gasteiger partial charge is 0.115 e. The minimum absolute atomic E-state index is 0.299. The molecule has 2 aromatic carbocycles. The van der Waals surface area contributed by atoms with E-state index < -0.39 is 0 Å². The molecule has 0 aromatic heterocycles. The zero-order valence-electron chi connectivity index (χ0n) is 9.34. The number of aromatic hydroxyl groups is 2. The molecule has 0 atom stereocenters. The van der Waals surface area contributed by atoms with Crippen molar-refractivity contribution < 1.29 is 10.2 Å². The number of phenols is 2. The van der Waals surface area contributed by atoms with E-state index in [9.17, 15) is 0 Å². The first-order chi connectivity index (χ1) is 8.24. The molecule has 88 valence electrons. The van der Waals surface area contributed by atoms with Crippen molar-refractivity contribution in [1.29, 1.82) is 0 Å². The fourth-order valence-corrected chi connectivity index (χ4v) is 2.39. The van der Waals surface area contributed by atoms with Crippen LogP contribution in [0.1, 0.15) is 5.56 Å². The molecule has 2 rings (SSSR count). The predicted molar refractivity (Wildman–Crippen MR) is 70.6 cm³/mol. The van der Waals surface area contributed by atoms with Crippen molar-refractivity contribution in [1.82, 2.24) is 0 Å². The van der Waals surface area contributed by atoms with Crippen LogP contribution in [0.3, 0.4) is 0 Å². The van der Waals surface area contributed by atoms with E-state index in [0.29, 0.717) is 11.5 Å². The molecule has 0 aliphatic heterocycles. The van der Waals surface area contributed by atoms with Crippen molar-refractivity contribution in [3.8, 4) is 11.5 Å². The molecule has 0 aliphatic carbocycles. The molecule has 3 heteroatoms. The van der Waals surface area contributed by atoms with Gasteiger partial charge in [-0.1, -0.05) is 12.1 Å². The zero-order chi connectivity index (χ0) is 12.1. The zero-order valence-corrected chi connectivity index (χ0v) is 10.2. The molecule has 2 nitrogen and oxygen atoms in total. The van der Waals surface area contributed by atoms with Gasteiger partial charge in [0.2, 0.25) is 0 Å². The maximum atomic E-state index is 9.16. The van der Waals surface area contributed by atoms with Gasteiger partial charge in [0.25, 0.3) is 0 Å². The van der Waals surface area contributed by atoms with Gasteiger partial charge in [0, 0.05) is 10.6 Å².